The largest absolute Gasteiger partial charge is 0.355 e. The van der Waals surface area contributed by atoms with Crippen LogP contribution in [0.2, 0.25) is 0 Å². The maximum Gasteiger partial charge on any atom is 0.251 e. The Kier molecular flexibility index (Phi) is 3.65. The molecule has 6 rings (SSSR count). The zero-order valence-corrected chi connectivity index (χ0v) is 16.5. The Morgan fingerprint density at radius 1 is 1.10 bits per heavy atom. The van der Waals surface area contributed by atoms with Crippen LogP contribution in [0, 0.1) is 5.92 Å². The summed E-state index contributed by atoms with van der Waals surface area (Å²) in [5.74, 6) is 0.530. The van der Waals surface area contributed by atoms with Crippen molar-refractivity contribution in [2.75, 3.05) is 11.9 Å². The fourth-order valence-corrected chi connectivity index (χ4v) is 5.58. The first-order chi connectivity index (χ1) is 14.2. The van der Waals surface area contributed by atoms with E-state index in [0.29, 0.717) is 12.5 Å². The number of carbonyl (C=O) groups excluding carboxylic acids is 1. The van der Waals surface area contributed by atoms with Crippen molar-refractivity contribution >= 4 is 44.6 Å². The molecule has 1 saturated carbocycles. The summed E-state index contributed by atoms with van der Waals surface area (Å²) in [6, 6.07) is 11.9. The van der Waals surface area contributed by atoms with Gasteiger partial charge in [0.15, 0.2) is 0 Å². The van der Waals surface area contributed by atoms with Gasteiger partial charge in [-0.05, 0) is 72.2 Å². The van der Waals surface area contributed by atoms with Crippen LogP contribution in [0.1, 0.15) is 34.3 Å². The maximum absolute atomic E-state index is 12.7. The zero-order valence-electron chi connectivity index (χ0n) is 15.7. The summed E-state index contributed by atoms with van der Waals surface area (Å²) in [5.41, 5.74) is 6.74. The number of nitrogens with zero attached hydrogens (tertiary/aromatic N) is 1. The lowest BCUT2D eigenvalue weighted by Gasteiger charge is -2.18. The molecule has 0 bridgehead atoms. The highest BCUT2D eigenvalue weighted by molar-refractivity contribution is 7.88. The van der Waals surface area contributed by atoms with Gasteiger partial charge in [0.25, 0.3) is 5.91 Å². The monoisotopic (exact) mass is 401 g/mol. The minimum Gasteiger partial charge on any atom is -0.355 e. The second-order valence-electron chi connectivity index (χ2n) is 7.87. The highest BCUT2D eigenvalue weighted by Gasteiger charge is 2.33. The fourth-order valence-electron chi connectivity index (χ4n) is 4.27. The van der Waals surface area contributed by atoms with Crippen LogP contribution < -0.4 is 10.6 Å². The van der Waals surface area contributed by atoms with Gasteiger partial charge in [0.1, 0.15) is 0 Å². The number of anilines is 2. The van der Waals surface area contributed by atoms with E-state index in [1.807, 2.05) is 35.7 Å². The molecular weight excluding hydrogens is 382 g/mol. The molecule has 1 fully saturated rings. The number of carbonyl (C=O) groups is 1. The Morgan fingerprint density at radius 3 is 2.86 bits per heavy atom. The van der Waals surface area contributed by atoms with Gasteiger partial charge < -0.3 is 10.6 Å². The van der Waals surface area contributed by atoms with Crippen molar-refractivity contribution in [3.63, 3.8) is 0 Å². The van der Waals surface area contributed by atoms with Crippen LogP contribution in [-0.4, -0.2) is 21.6 Å². The second kappa shape index (κ2) is 6.26. The third kappa shape index (κ3) is 2.78. The van der Waals surface area contributed by atoms with Gasteiger partial charge in [-0.25, -0.2) is 4.21 Å². The molecule has 1 aliphatic carbocycles. The summed E-state index contributed by atoms with van der Waals surface area (Å²) in [6.45, 7) is 0.687. The van der Waals surface area contributed by atoms with Gasteiger partial charge in [0, 0.05) is 40.5 Å². The lowest BCUT2D eigenvalue weighted by atomic mass is 9.99. The van der Waals surface area contributed by atoms with Gasteiger partial charge in [0.2, 0.25) is 0 Å². The standard InChI is InChI=1S/C23H19N3O2S/c27-23-16-9-15(4-3-14(16)5-7-25-23)26-20-6-8-24-21-10-17-19(13-1-2-13)12-29(28)22(17)11-18(20)21/h3-4,6,8-13H,1-2,5,7H2,(H,24,26)(H,25,27). The molecule has 5 nitrogen and oxygen atoms in total. The van der Waals surface area contributed by atoms with Gasteiger partial charge in [-0.1, -0.05) is 6.07 Å². The lowest BCUT2D eigenvalue weighted by Crippen LogP contribution is -2.31. The van der Waals surface area contributed by atoms with Crippen molar-refractivity contribution in [2.45, 2.75) is 24.2 Å². The Balaban J connectivity index is 1.42. The molecule has 144 valence electrons. The number of hydrogen-bond donors (Lipinski definition) is 2. The van der Waals surface area contributed by atoms with Crippen LogP contribution in [0.5, 0.6) is 0 Å². The minimum atomic E-state index is -1.10. The van der Waals surface area contributed by atoms with E-state index < -0.39 is 10.8 Å². The van der Waals surface area contributed by atoms with E-state index in [2.05, 4.69) is 21.7 Å². The number of pyridine rings is 1. The topological polar surface area (TPSA) is 71.1 Å². The molecule has 2 N–H and O–H groups in total. The van der Waals surface area contributed by atoms with Crippen molar-refractivity contribution in [3.05, 3.63) is 64.7 Å². The van der Waals surface area contributed by atoms with Crippen molar-refractivity contribution in [1.29, 1.82) is 0 Å². The van der Waals surface area contributed by atoms with E-state index in [4.69, 9.17) is 0 Å². The summed E-state index contributed by atoms with van der Waals surface area (Å²) in [7, 11) is -1.10. The molecule has 3 aromatic rings. The molecule has 0 spiro atoms. The van der Waals surface area contributed by atoms with Gasteiger partial charge in [0.05, 0.1) is 21.2 Å². The number of fused-ring (bicyclic) bond motifs is 3. The maximum atomic E-state index is 12.7. The first-order valence-corrected chi connectivity index (χ1v) is 11.1. The number of amides is 1. The van der Waals surface area contributed by atoms with Crippen LogP contribution >= 0.6 is 0 Å². The van der Waals surface area contributed by atoms with E-state index in [1.165, 1.54) is 18.4 Å². The van der Waals surface area contributed by atoms with E-state index in [-0.39, 0.29) is 5.91 Å². The van der Waals surface area contributed by atoms with Crippen molar-refractivity contribution in [1.82, 2.24) is 10.3 Å². The summed E-state index contributed by atoms with van der Waals surface area (Å²) < 4.78 is 12.7. The van der Waals surface area contributed by atoms with Crippen LogP contribution in [0.3, 0.4) is 0 Å². The Bertz CT molecular complexity index is 1260. The molecule has 6 heteroatoms. The van der Waals surface area contributed by atoms with Crippen LogP contribution in [0.4, 0.5) is 11.4 Å². The molecule has 2 aromatic carbocycles. The summed E-state index contributed by atoms with van der Waals surface area (Å²) in [4.78, 5) is 17.6. The number of allylic oxidation sites excluding steroid dienone is 1. The Labute approximate surface area is 170 Å². The average Bonchev–Trinajstić information content (AvgIpc) is 3.52. The number of hydrogen-bond acceptors (Lipinski definition) is 4. The van der Waals surface area contributed by atoms with Gasteiger partial charge >= 0.3 is 0 Å². The molecule has 0 radical (unpaired) electrons. The van der Waals surface area contributed by atoms with E-state index in [9.17, 15) is 9.00 Å². The van der Waals surface area contributed by atoms with Gasteiger partial charge in [-0.15, -0.1) is 0 Å². The summed E-state index contributed by atoms with van der Waals surface area (Å²) in [6.07, 6.45) is 5.01. The van der Waals surface area contributed by atoms with Crippen molar-refractivity contribution in [3.8, 4) is 0 Å². The van der Waals surface area contributed by atoms with Crippen molar-refractivity contribution in [2.24, 2.45) is 5.92 Å². The molecule has 1 atom stereocenters. The Hall–Kier alpha value is -2.99. The number of nitrogens with one attached hydrogen (secondary N) is 2. The second-order valence-corrected chi connectivity index (χ2v) is 9.14. The van der Waals surface area contributed by atoms with Crippen LogP contribution in [0.25, 0.3) is 16.5 Å². The minimum absolute atomic E-state index is 0.0265. The van der Waals surface area contributed by atoms with E-state index in [1.54, 1.807) is 6.20 Å². The number of rotatable bonds is 3. The third-order valence-electron chi connectivity index (χ3n) is 5.94. The molecule has 1 amide bonds. The quantitative estimate of drug-likeness (QED) is 0.692. The summed E-state index contributed by atoms with van der Waals surface area (Å²) >= 11 is 0. The molecule has 29 heavy (non-hydrogen) atoms. The summed E-state index contributed by atoms with van der Waals surface area (Å²) in [5, 5.41) is 9.18. The average molecular weight is 401 g/mol. The van der Waals surface area contributed by atoms with Gasteiger partial charge in [-0.3, -0.25) is 9.78 Å². The predicted molar refractivity (Wildman–Crippen MR) is 115 cm³/mol. The lowest BCUT2D eigenvalue weighted by molar-refractivity contribution is 0.0946. The number of aromatic nitrogens is 1. The highest BCUT2D eigenvalue weighted by atomic mass is 32.2. The molecular formula is C23H19N3O2S. The first-order valence-electron chi connectivity index (χ1n) is 9.91. The fraction of sp³-hybridized carbons (Fsp3) is 0.217. The molecule has 3 heterocycles. The van der Waals surface area contributed by atoms with E-state index in [0.717, 1.165) is 50.3 Å². The van der Waals surface area contributed by atoms with E-state index >= 15 is 0 Å². The first kappa shape index (κ1) is 16.9. The van der Waals surface area contributed by atoms with Crippen LogP contribution in [-0.2, 0) is 17.2 Å². The molecule has 1 unspecified atom stereocenters. The molecule has 1 aromatic heterocycles. The normalized spacial score (nSPS) is 20.1. The Morgan fingerprint density at radius 2 is 2.00 bits per heavy atom. The smallest absolute Gasteiger partial charge is 0.251 e. The van der Waals surface area contributed by atoms with Gasteiger partial charge in [-0.2, -0.15) is 0 Å². The molecule has 3 aliphatic rings. The van der Waals surface area contributed by atoms with Crippen molar-refractivity contribution < 1.29 is 9.00 Å². The molecule has 2 aliphatic heterocycles. The number of benzene rings is 2. The van der Waals surface area contributed by atoms with Crippen LogP contribution in [0.15, 0.2) is 52.9 Å². The third-order valence-corrected chi connectivity index (χ3v) is 7.17. The SMILES string of the molecule is O=C1NCCc2ccc(Nc3ccnc4cc5c(cc34)S(=O)C=C5C3CC3)cc21. The highest BCUT2D eigenvalue weighted by Crippen LogP contribution is 2.48. The molecule has 0 saturated heterocycles. The zero-order chi connectivity index (χ0) is 19.5. The predicted octanol–water partition coefficient (Wildman–Crippen LogP) is 4.14.